The highest BCUT2D eigenvalue weighted by Crippen LogP contribution is 2.38. The van der Waals surface area contributed by atoms with Crippen molar-refractivity contribution in [3.05, 3.63) is 35.9 Å². The molecule has 0 aliphatic heterocycles. The molecule has 1 aromatic rings. The fourth-order valence-electron chi connectivity index (χ4n) is 0.772. The zero-order valence-corrected chi connectivity index (χ0v) is 8.35. The van der Waals surface area contributed by atoms with Crippen LogP contribution in [0.5, 0.6) is 0 Å². The summed E-state index contributed by atoms with van der Waals surface area (Å²) in [6.45, 7) is 0. The first kappa shape index (κ1) is 11.4. The Balaban J connectivity index is 2.60. The van der Waals surface area contributed by atoms with E-state index in [4.69, 9.17) is 10.2 Å². The predicted molar refractivity (Wildman–Crippen MR) is 50.4 cm³/mol. The second-order valence-corrected chi connectivity index (χ2v) is 3.93. The van der Waals surface area contributed by atoms with E-state index < -0.39 is 13.5 Å². The lowest BCUT2D eigenvalue weighted by atomic mass is 10.2. The van der Waals surface area contributed by atoms with Crippen molar-refractivity contribution in [1.29, 1.82) is 5.26 Å². The van der Waals surface area contributed by atoms with Crippen molar-refractivity contribution >= 4 is 13.5 Å². The Morgan fingerprint density at radius 3 is 2.60 bits per heavy atom. The van der Waals surface area contributed by atoms with E-state index >= 15 is 0 Å². The van der Waals surface area contributed by atoms with E-state index in [1.54, 1.807) is 23.7 Å². The highest BCUT2D eigenvalue weighted by Gasteiger charge is 2.20. The second kappa shape index (κ2) is 4.71. The molecule has 2 N–H and O–H groups in total. The van der Waals surface area contributed by atoms with Crippen molar-refractivity contribution in [2.75, 3.05) is 0 Å². The number of nitriles is 1. The van der Waals surface area contributed by atoms with Crippen molar-refractivity contribution < 1.29 is 18.9 Å². The van der Waals surface area contributed by atoms with Gasteiger partial charge < -0.3 is 4.89 Å². The second-order valence-electron chi connectivity index (χ2n) is 2.51. The number of hydroxylamine groups is 1. The van der Waals surface area contributed by atoms with Gasteiger partial charge in [-0.3, -0.25) is 4.79 Å². The molecule has 0 saturated carbocycles. The molecule has 1 atom stereocenters. The molecule has 1 rings (SSSR count). The van der Waals surface area contributed by atoms with Crippen molar-refractivity contribution in [2.24, 2.45) is 0 Å². The van der Waals surface area contributed by atoms with Crippen LogP contribution >= 0.6 is 7.60 Å². The average Bonchev–Trinajstić information content (AvgIpc) is 2.27. The van der Waals surface area contributed by atoms with Crippen LogP contribution in [0, 0.1) is 11.1 Å². The van der Waals surface area contributed by atoms with Gasteiger partial charge in [-0.2, -0.15) is 9.89 Å². The number of hydrogen-bond donors (Lipinski definition) is 2. The molecule has 0 aromatic heterocycles. The van der Waals surface area contributed by atoms with E-state index in [1.807, 2.05) is 0 Å². The van der Waals surface area contributed by atoms with Crippen LogP contribution in [-0.2, 0) is 9.19 Å². The fourth-order valence-corrected chi connectivity index (χ4v) is 1.02. The molecule has 0 saturated heterocycles. The average molecular weight is 226 g/mol. The van der Waals surface area contributed by atoms with Crippen LogP contribution in [-0.4, -0.2) is 10.8 Å². The highest BCUT2D eigenvalue weighted by molar-refractivity contribution is 7.58. The van der Waals surface area contributed by atoms with Crippen LogP contribution in [0.1, 0.15) is 10.4 Å². The standard InChI is InChI=1S/C8H7N2O4P/c9-6-15(12,13)14-10-8(11)7-4-2-1-3-5-7/h1-5H,(H,10,11)(H,12,13). The maximum Gasteiger partial charge on any atom is 0.450 e. The maximum atomic E-state index is 11.2. The van der Waals surface area contributed by atoms with Gasteiger partial charge in [-0.05, 0) is 12.1 Å². The lowest BCUT2D eigenvalue weighted by Gasteiger charge is -2.05. The smallest absolute Gasteiger partial charge is 0.312 e. The molecule has 0 heterocycles. The van der Waals surface area contributed by atoms with E-state index in [0.717, 1.165) is 5.81 Å². The SMILES string of the molecule is N#CP(=O)(O)ONC(=O)c1ccccc1. The number of nitrogens with one attached hydrogen (secondary N) is 1. The van der Waals surface area contributed by atoms with Crippen molar-refractivity contribution in [2.45, 2.75) is 0 Å². The molecular weight excluding hydrogens is 219 g/mol. The minimum absolute atomic E-state index is 0.260. The van der Waals surface area contributed by atoms with Crippen LogP contribution < -0.4 is 5.48 Å². The third-order valence-electron chi connectivity index (χ3n) is 1.42. The van der Waals surface area contributed by atoms with Crippen LogP contribution in [0.4, 0.5) is 0 Å². The van der Waals surface area contributed by atoms with Gasteiger partial charge in [0.1, 0.15) is 0 Å². The minimum atomic E-state index is -4.37. The molecule has 1 unspecified atom stereocenters. The summed E-state index contributed by atoms with van der Waals surface area (Å²) in [6, 6.07) is 7.94. The fraction of sp³-hybridized carbons (Fsp3) is 0. The Bertz CT molecular complexity index is 440. The van der Waals surface area contributed by atoms with Gasteiger partial charge in [0.05, 0.1) is 0 Å². The Kier molecular flexibility index (Phi) is 3.58. The summed E-state index contributed by atoms with van der Waals surface area (Å²) < 4.78 is 14.7. The number of rotatable bonds is 3. The summed E-state index contributed by atoms with van der Waals surface area (Å²) in [5.41, 5.74) is 1.98. The Morgan fingerprint density at radius 1 is 1.47 bits per heavy atom. The van der Waals surface area contributed by atoms with Gasteiger partial charge in [-0.25, -0.2) is 10.0 Å². The normalized spacial score (nSPS) is 13.6. The highest BCUT2D eigenvalue weighted by atomic mass is 31.2. The molecule has 0 spiro atoms. The maximum absolute atomic E-state index is 11.2. The van der Waals surface area contributed by atoms with Gasteiger partial charge in [0.15, 0.2) is 5.81 Å². The van der Waals surface area contributed by atoms with Gasteiger partial charge in [0.2, 0.25) is 0 Å². The first-order chi connectivity index (χ1) is 7.05. The van der Waals surface area contributed by atoms with Crippen molar-refractivity contribution in [1.82, 2.24) is 5.48 Å². The molecule has 78 valence electrons. The molecule has 1 amide bonds. The molecule has 1 aromatic carbocycles. The van der Waals surface area contributed by atoms with E-state index in [0.29, 0.717) is 0 Å². The lowest BCUT2D eigenvalue weighted by Crippen LogP contribution is -2.22. The largest absolute Gasteiger partial charge is 0.450 e. The number of carbonyl (C=O) groups excluding carboxylic acids is 1. The van der Waals surface area contributed by atoms with Crippen LogP contribution in [0.25, 0.3) is 0 Å². The topological polar surface area (TPSA) is 99.4 Å². The summed E-state index contributed by atoms with van der Waals surface area (Å²) in [7, 11) is -4.37. The summed E-state index contributed by atoms with van der Waals surface area (Å²) >= 11 is 0. The quantitative estimate of drug-likeness (QED) is 0.591. The zero-order valence-electron chi connectivity index (χ0n) is 7.45. The third-order valence-corrected chi connectivity index (χ3v) is 2.02. The van der Waals surface area contributed by atoms with Crippen LogP contribution in [0.15, 0.2) is 30.3 Å². The Morgan fingerprint density at radius 2 is 2.07 bits per heavy atom. The van der Waals surface area contributed by atoms with Gasteiger partial charge >= 0.3 is 7.60 Å². The number of benzene rings is 1. The number of amides is 1. The number of nitrogens with zero attached hydrogens (tertiary/aromatic N) is 1. The minimum Gasteiger partial charge on any atom is -0.312 e. The molecule has 0 radical (unpaired) electrons. The van der Waals surface area contributed by atoms with E-state index in [1.165, 1.54) is 12.1 Å². The molecule has 6 nitrogen and oxygen atoms in total. The van der Waals surface area contributed by atoms with Gasteiger partial charge in [-0.1, -0.05) is 18.2 Å². The first-order valence-corrected chi connectivity index (χ1v) is 5.41. The molecule has 0 bridgehead atoms. The van der Waals surface area contributed by atoms with Crippen LogP contribution in [0.3, 0.4) is 0 Å². The first-order valence-electron chi connectivity index (χ1n) is 3.83. The summed E-state index contributed by atoms with van der Waals surface area (Å²) in [5, 5.41) is 8.14. The summed E-state index contributed by atoms with van der Waals surface area (Å²) in [6.07, 6.45) is 0. The van der Waals surface area contributed by atoms with Crippen LogP contribution in [0.2, 0.25) is 0 Å². The third kappa shape index (κ3) is 3.52. The molecule has 7 heteroatoms. The predicted octanol–water partition coefficient (Wildman–Crippen LogP) is 1.01. The van der Waals surface area contributed by atoms with E-state index in [9.17, 15) is 9.36 Å². The van der Waals surface area contributed by atoms with Crippen molar-refractivity contribution in [3.8, 4) is 5.81 Å². The molecule has 0 aliphatic carbocycles. The Hall–Kier alpha value is -1.67. The Labute approximate surface area is 85.6 Å². The summed E-state index contributed by atoms with van der Waals surface area (Å²) in [5.74, 6) is 0.328. The van der Waals surface area contributed by atoms with Crippen molar-refractivity contribution in [3.63, 3.8) is 0 Å². The van der Waals surface area contributed by atoms with E-state index in [-0.39, 0.29) is 5.56 Å². The summed E-state index contributed by atoms with van der Waals surface area (Å²) in [4.78, 5) is 19.9. The lowest BCUT2D eigenvalue weighted by molar-refractivity contribution is 0.0739. The molecule has 0 fully saturated rings. The van der Waals surface area contributed by atoms with Gasteiger partial charge in [-0.15, -0.1) is 0 Å². The molecular formula is C8H7N2O4P. The van der Waals surface area contributed by atoms with E-state index in [2.05, 4.69) is 4.62 Å². The molecule has 15 heavy (non-hydrogen) atoms. The molecule has 0 aliphatic rings. The van der Waals surface area contributed by atoms with Gasteiger partial charge in [0, 0.05) is 5.56 Å². The zero-order chi connectivity index (χ0) is 11.3. The monoisotopic (exact) mass is 226 g/mol. The number of hydrogen-bond acceptors (Lipinski definition) is 4. The van der Waals surface area contributed by atoms with Gasteiger partial charge in [0.25, 0.3) is 5.91 Å². The number of carbonyl (C=O) groups is 1.